The second-order valence-corrected chi connectivity index (χ2v) is 4.63. The highest BCUT2D eigenvalue weighted by Gasteiger charge is 2.20. The summed E-state index contributed by atoms with van der Waals surface area (Å²) >= 11 is 0. The zero-order chi connectivity index (χ0) is 15.2. The molecule has 0 spiro atoms. The van der Waals surface area contributed by atoms with E-state index >= 15 is 0 Å². The first kappa shape index (κ1) is 15.1. The van der Waals surface area contributed by atoms with Gasteiger partial charge >= 0.3 is 0 Å². The van der Waals surface area contributed by atoms with Crippen LogP contribution in [0.25, 0.3) is 0 Å². The van der Waals surface area contributed by atoms with Crippen LogP contribution < -0.4 is 10.1 Å². The summed E-state index contributed by atoms with van der Waals surface area (Å²) in [6, 6.07) is 10.4. The van der Waals surface area contributed by atoms with E-state index in [0.29, 0.717) is 23.7 Å². The maximum atomic E-state index is 12.4. The summed E-state index contributed by atoms with van der Waals surface area (Å²) in [5.41, 5.74) is 0.476. The average molecular weight is 289 g/mol. The number of hydrogen-bond donors (Lipinski definition) is 1. The Morgan fingerprint density at radius 2 is 2.00 bits per heavy atom. The van der Waals surface area contributed by atoms with E-state index in [0.717, 1.165) is 5.76 Å². The van der Waals surface area contributed by atoms with E-state index in [2.05, 4.69) is 5.32 Å². The van der Waals surface area contributed by atoms with Crippen molar-refractivity contribution < 1.29 is 18.7 Å². The van der Waals surface area contributed by atoms with Gasteiger partial charge in [-0.1, -0.05) is 12.1 Å². The number of hydrogen-bond acceptors (Lipinski definition) is 4. The Morgan fingerprint density at radius 3 is 2.62 bits per heavy atom. The number of ether oxygens (including phenoxy) is 2. The summed E-state index contributed by atoms with van der Waals surface area (Å²) in [5.74, 6) is 1.75. The van der Waals surface area contributed by atoms with E-state index in [1.54, 1.807) is 25.3 Å². The number of benzene rings is 1. The van der Waals surface area contributed by atoms with E-state index in [1.165, 1.54) is 7.11 Å². The summed E-state index contributed by atoms with van der Waals surface area (Å²) < 4.78 is 15.9. The number of rotatable bonds is 6. The minimum Gasteiger partial charge on any atom is -0.496 e. The summed E-state index contributed by atoms with van der Waals surface area (Å²) in [6.07, 6.45) is 0. The number of aryl methyl sites for hydroxylation is 1. The van der Waals surface area contributed by atoms with Gasteiger partial charge in [0.1, 0.15) is 23.3 Å². The van der Waals surface area contributed by atoms with Gasteiger partial charge < -0.3 is 19.2 Å². The first-order chi connectivity index (χ1) is 10.2. The van der Waals surface area contributed by atoms with Crippen molar-refractivity contribution in [2.75, 3.05) is 20.8 Å². The molecule has 0 saturated carbocycles. The van der Waals surface area contributed by atoms with Crippen LogP contribution in [0.2, 0.25) is 0 Å². The molecule has 0 aliphatic carbocycles. The van der Waals surface area contributed by atoms with E-state index in [1.807, 2.05) is 25.1 Å². The molecule has 0 aliphatic heterocycles. The Hall–Kier alpha value is -2.27. The predicted octanol–water partition coefficient (Wildman–Crippen LogP) is 2.71. The molecule has 5 nitrogen and oxygen atoms in total. The molecule has 1 aromatic carbocycles. The van der Waals surface area contributed by atoms with Crippen molar-refractivity contribution in [1.29, 1.82) is 0 Å². The van der Waals surface area contributed by atoms with Gasteiger partial charge in [-0.05, 0) is 31.2 Å². The fraction of sp³-hybridized carbons (Fsp3) is 0.312. The third-order valence-corrected chi connectivity index (χ3v) is 3.09. The molecule has 1 amide bonds. The molecule has 2 aromatic rings. The van der Waals surface area contributed by atoms with Gasteiger partial charge in [-0.15, -0.1) is 0 Å². The molecule has 1 heterocycles. The van der Waals surface area contributed by atoms with Crippen molar-refractivity contribution in [2.24, 2.45) is 0 Å². The lowest BCUT2D eigenvalue weighted by Gasteiger charge is -2.17. The van der Waals surface area contributed by atoms with Crippen molar-refractivity contribution in [3.63, 3.8) is 0 Å². The fourth-order valence-corrected chi connectivity index (χ4v) is 2.07. The number of amides is 1. The minimum absolute atomic E-state index is 0.233. The topological polar surface area (TPSA) is 60.7 Å². The van der Waals surface area contributed by atoms with Crippen LogP contribution in [0.5, 0.6) is 5.75 Å². The average Bonchev–Trinajstić information content (AvgIpc) is 2.93. The lowest BCUT2D eigenvalue weighted by Crippen LogP contribution is -2.31. The second-order valence-electron chi connectivity index (χ2n) is 4.63. The van der Waals surface area contributed by atoms with E-state index in [9.17, 15) is 4.79 Å². The number of furan rings is 1. The van der Waals surface area contributed by atoms with Gasteiger partial charge in [0.05, 0.1) is 19.3 Å². The number of carbonyl (C=O) groups excluding carboxylic acids is 1. The van der Waals surface area contributed by atoms with Gasteiger partial charge in [0, 0.05) is 7.11 Å². The highest BCUT2D eigenvalue weighted by molar-refractivity contribution is 5.97. The molecule has 0 radical (unpaired) electrons. The molecule has 1 N–H and O–H groups in total. The monoisotopic (exact) mass is 289 g/mol. The molecule has 0 unspecified atom stereocenters. The summed E-state index contributed by atoms with van der Waals surface area (Å²) in [7, 11) is 3.12. The van der Waals surface area contributed by atoms with Crippen LogP contribution in [0.3, 0.4) is 0 Å². The number of para-hydroxylation sites is 1. The smallest absolute Gasteiger partial charge is 0.255 e. The first-order valence-corrected chi connectivity index (χ1v) is 6.65. The maximum absolute atomic E-state index is 12.4. The Balaban J connectivity index is 2.18. The molecule has 5 heteroatoms. The molecule has 1 aromatic heterocycles. The van der Waals surface area contributed by atoms with E-state index in [4.69, 9.17) is 13.9 Å². The summed E-state index contributed by atoms with van der Waals surface area (Å²) in [4.78, 5) is 12.4. The number of carbonyl (C=O) groups is 1. The Morgan fingerprint density at radius 1 is 1.24 bits per heavy atom. The summed E-state index contributed by atoms with van der Waals surface area (Å²) in [6.45, 7) is 2.18. The second kappa shape index (κ2) is 6.95. The van der Waals surface area contributed by atoms with Gasteiger partial charge in [-0.3, -0.25) is 4.79 Å². The van der Waals surface area contributed by atoms with Crippen LogP contribution in [-0.4, -0.2) is 26.7 Å². The Bertz CT molecular complexity index is 606. The van der Waals surface area contributed by atoms with Gasteiger partial charge in [-0.25, -0.2) is 0 Å². The van der Waals surface area contributed by atoms with Gasteiger partial charge in [0.2, 0.25) is 0 Å². The van der Waals surface area contributed by atoms with E-state index in [-0.39, 0.29) is 11.9 Å². The minimum atomic E-state index is -0.346. The normalized spacial score (nSPS) is 12.0. The SMILES string of the molecule is COC[C@H](NC(=O)c1ccccc1OC)c1ccc(C)o1. The lowest BCUT2D eigenvalue weighted by molar-refractivity contribution is 0.0879. The molecule has 0 saturated heterocycles. The third-order valence-electron chi connectivity index (χ3n) is 3.09. The largest absolute Gasteiger partial charge is 0.496 e. The van der Waals surface area contributed by atoms with Crippen LogP contribution in [0, 0.1) is 6.92 Å². The Kier molecular flexibility index (Phi) is 5.00. The molecule has 0 fully saturated rings. The quantitative estimate of drug-likeness (QED) is 0.888. The lowest BCUT2D eigenvalue weighted by atomic mass is 10.1. The molecular weight excluding hydrogens is 270 g/mol. The van der Waals surface area contributed by atoms with Crippen molar-refractivity contribution in [2.45, 2.75) is 13.0 Å². The maximum Gasteiger partial charge on any atom is 0.255 e. The van der Waals surface area contributed by atoms with Crippen LogP contribution >= 0.6 is 0 Å². The van der Waals surface area contributed by atoms with Crippen LogP contribution in [0.1, 0.15) is 27.9 Å². The number of methoxy groups -OCH3 is 2. The van der Waals surface area contributed by atoms with Crippen molar-refractivity contribution in [3.8, 4) is 5.75 Å². The molecular formula is C16H19NO4. The van der Waals surface area contributed by atoms with Crippen molar-refractivity contribution in [1.82, 2.24) is 5.32 Å². The zero-order valence-corrected chi connectivity index (χ0v) is 12.4. The zero-order valence-electron chi connectivity index (χ0n) is 12.4. The fourth-order valence-electron chi connectivity index (χ4n) is 2.07. The van der Waals surface area contributed by atoms with Crippen molar-refractivity contribution in [3.05, 3.63) is 53.5 Å². The highest BCUT2D eigenvalue weighted by Crippen LogP contribution is 2.21. The predicted molar refractivity (Wildman–Crippen MR) is 78.5 cm³/mol. The van der Waals surface area contributed by atoms with Gasteiger partial charge in [0.25, 0.3) is 5.91 Å². The van der Waals surface area contributed by atoms with Crippen molar-refractivity contribution >= 4 is 5.91 Å². The molecule has 1 atom stereocenters. The van der Waals surface area contributed by atoms with Gasteiger partial charge in [0.15, 0.2) is 0 Å². The highest BCUT2D eigenvalue weighted by atomic mass is 16.5. The van der Waals surface area contributed by atoms with Crippen LogP contribution in [-0.2, 0) is 4.74 Å². The number of nitrogens with one attached hydrogen (secondary N) is 1. The molecule has 0 aliphatic rings. The first-order valence-electron chi connectivity index (χ1n) is 6.65. The van der Waals surface area contributed by atoms with Crippen LogP contribution in [0.4, 0.5) is 0 Å². The van der Waals surface area contributed by atoms with Crippen LogP contribution in [0.15, 0.2) is 40.8 Å². The standard InChI is InChI=1S/C16H19NO4/c1-11-8-9-15(21-11)13(10-19-2)17-16(18)12-6-4-5-7-14(12)20-3/h4-9,13H,10H2,1-3H3,(H,17,18)/t13-/m0/s1. The van der Waals surface area contributed by atoms with Gasteiger partial charge in [-0.2, -0.15) is 0 Å². The summed E-state index contributed by atoms with van der Waals surface area (Å²) in [5, 5.41) is 2.90. The van der Waals surface area contributed by atoms with E-state index < -0.39 is 0 Å². The third kappa shape index (κ3) is 3.64. The molecule has 0 bridgehead atoms. The molecule has 2 rings (SSSR count). The molecule has 112 valence electrons. The molecule has 21 heavy (non-hydrogen) atoms. The Labute approximate surface area is 123 Å².